The van der Waals surface area contributed by atoms with Gasteiger partial charge in [-0.05, 0) is 62.5 Å². The van der Waals surface area contributed by atoms with Crippen LogP contribution in [-0.2, 0) is 0 Å². The third-order valence-corrected chi connectivity index (χ3v) is 6.19. The zero-order valence-corrected chi connectivity index (χ0v) is 24.6. The lowest BCUT2D eigenvalue weighted by Gasteiger charge is -2.20. The molecule has 0 aromatic heterocycles. The summed E-state index contributed by atoms with van der Waals surface area (Å²) in [5.41, 5.74) is 10.1. The van der Waals surface area contributed by atoms with E-state index in [1.54, 1.807) is 7.05 Å². The molecule has 37 heavy (non-hydrogen) atoms. The number of aliphatic imine (C=N–C) groups is 2. The van der Waals surface area contributed by atoms with Crippen LogP contribution in [-0.4, -0.2) is 49.6 Å². The van der Waals surface area contributed by atoms with Gasteiger partial charge in [0.15, 0.2) is 0 Å². The van der Waals surface area contributed by atoms with Crippen LogP contribution in [0.15, 0.2) is 98.6 Å². The van der Waals surface area contributed by atoms with Crippen molar-refractivity contribution in [2.45, 2.75) is 66.3 Å². The molecule has 202 valence electrons. The fourth-order valence-electron chi connectivity index (χ4n) is 3.73. The maximum Gasteiger partial charge on any atom is 0.127 e. The molecule has 0 saturated heterocycles. The number of nitrogens with zero attached hydrogens (tertiary/aromatic N) is 3. The Labute approximate surface area is 230 Å². The quantitative estimate of drug-likeness (QED) is 0.0783. The van der Waals surface area contributed by atoms with E-state index in [-0.39, 0.29) is 6.04 Å². The molecule has 0 bridgehead atoms. The fourth-order valence-corrected chi connectivity index (χ4v) is 3.83. The number of rotatable bonds is 15. The molecule has 0 aliphatic heterocycles. The minimum Gasteiger partial charge on any atom is -0.381 e. The highest BCUT2D eigenvalue weighted by molar-refractivity contribution is 6.18. The second-order valence-electron chi connectivity index (χ2n) is 8.99. The summed E-state index contributed by atoms with van der Waals surface area (Å²) in [5, 5.41) is 6.89. The van der Waals surface area contributed by atoms with E-state index in [1.807, 2.05) is 30.4 Å². The van der Waals surface area contributed by atoms with Gasteiger partial charge in [-0.2, -0.15) is 0 Å². The molecule has 6 heteroatoms. The minimum atomic E-state index is 0.222. The molecule has 0 aromatic rings. The predicted molar refractivity (Wildman–Crippen MR) is 164 cm³/mol. The summed E-state index contributed by atoms with van der Waals surface area (Å²) in [6.07, 6.45) is 20.1. The van der Waals surface area contributed by atoms with E-state index in [0.29, 0.717) is 12.4 Å². The van der Waals surface area contributed by atoms with Gasteiger partial charge in [-0.25, -0.2) is 0 Å². The van der Waals surface area contributed by atoms with Crippen LogP contribution < -0.4 is 10.6 Å². The van der Waals surface area contributed by atoms with Crippen LogP contribution >= 0.6 is 11.6 Å². The molecule has 0 fully saturated rings. The van der Waals surface area contributed by atoms with Gasteiger partial charge < -0.3 is 15.5 Å². The molecule has 0 radical (unpaired) electrons. The Hall–Kier alpha value is -3.01. The summed E-state index contributed by atoms with van der Waals surface area (Å²) in [4.78, 5) is 11.1. The molecule has 0 amide bonds. The Balaban J connectivity index is 2.81. The van der Waals surface area contributed by atoms with Crippen LogP contribution in [0.1, 0.15) is 60.3 Å². The summed E-state index contributed by atoms with van der Waals surface area (Å²) >= 11 is 5.71. The highest BCUT2D eigenvalue weighted by atomic mass is 35.5. The lowest BCUT2D eigenvalue weighted by Crippen LogP contribution is -2.29. The average Bonchev–Trinajstić information content (AvgIpc) is 3.06. The van der Waals surface area contributed by atoms with Gasteiger partial charge in [-0.1, -0.05) is 69.4 Å². The van der Waals surface area contributed by atoms with Gasteiger partial charge in [-0.3, -0.25) is 9.98 Å². The van der Waals surface area contributed by atoms with Crippen molar-refractivity contribution >= 4 is 23.8 Å². The number of hydrogen-bond donors (Lipinski definition) is 2. The standard InChI is InChI=1S/C31H46ClN5/c1-9-14-27-17-19-28(18-16-24(27)4)36-31(33-7)21-29(10-2)37(8)23-34-22-26(6)35-30(11-3)25(5)15-12-13-20-32/h12-13,15-18,21,23,30,35H,6,9-11,14,20,22H2,1-5,7-8H3,(H,33,36)/b13-12-,25-15+,29-21+,34-23?. The fraction of sp³-hybridized carbons (Fsp3) is 0.452. The van der Waals surface area contributed by atoms with E-state index in [1.165, 1.54) is 16.7 Å². The monoisotopic (exact) mass is 523 g/mol. The van der Waals surface area contributed by atoms with Crippen LogP contribution in [0.2, 0.25) is 0 Å². The van der Waals surface area contributed by atoms with E-state index in [9.17, 15) is 0 Å². The first kappa shape index (κ1) is 32.0. The second-order valence-corrected chi connectivity index (χ2v) is 9.29. The zero-order chi connectivity index (χ0) is 27.6. The third-order valence-electron chi connectivity index (χ3n) is 6.01. The Morgan fingerprint density at radius 2 is 2.03 bits per heavy atom. The van der Waals surface area contributed by atoms with Gasteiger partial charge in [0, 0.05) is 37.4 Å². The first-order chi connectivity index (χ1) is 17.8. The highest BCUT2D eigenvalue weighted by Crippen LogP contribution is 2.17. The van der Waals surface area contributed by atoms with Crippen molar-refractivity contribution in [1.29, 1.82) is 0 Å². The van der Waals surface area contributed by atoms with Crippen molar-refractivity contribution in [3.63, 3.8) is 0 Å². The van der Waals surface area contributed by atoms with Crippen LogP contribution in [0.3, 0.4) is 0 Å². The van der Waals surface area contributed by atoms with Crippen molar-refractivity contribution in [3.8, 4) is 0 Å². The Morgan fingerprint density at radius 1 is 1.27 bits per heavy atom. The molecule has 1 atom stereocenters. The summed E-state index contributed by atoms with van der Waals surface area (Å²) < 4.78 is 0. The van der Waals surface area contributed by atoms with Crippen molar-refractivity contribution in [2.75, 3.05) is 26.5 Å². The lowest BCUT2D eigenvalue weighted by molar-refractivity contribution is 0.603. The highest BCUT2D eigenvalue weighted by Gasteiger charge is 2.09. The number of alkyl halides is 1. The smallest absolute Gasteiger partial charge is 0.127 e. The first-order valence-corrected chi connectivity index (χ1v) is 13.7. The van der Waals surface area contributed by atoms with Gasteiger partial charge in [0.05, 0.1) is 18.6 Å². The summed E-state index contributed by atoms with van der Waals surface area (Å²) in [7, 11) is 3.79. The van der Waals surface area contributed by atoms with Gasteiger partial charge in [0.2, 0.25) is 0 Å². The number of nitrogens with one attached hydrogen (secondary N) is 2. The summed E-state index contributed by atoms with van der Waals surface area (Å²) in [6.45, 7) is 15.4. The van der Waals surface area contributed by atoms with Crippen molar-refractivity contribution < 1.29 is 0 Å². The number of allylic oxidation sites excluding steroid dienone is 8. The maximum atomic E-state index is 5.71. The molecular weight excluding hydrogens is 478 g/mol. The van der Waals surface area contributed by atoms with E-state index in [4.69, 9.17) is 11.6 Å². The summed E-state index contributed by atoms with van der Waals surface area (Å²) in [5.74, 6) is 1.29. The molecule has 2 N–H and O–H groups in total. The molecule has 1 aliphatic rings. The predicted octanol–water partition coefficient (Wildman–Crippen LogP) is 7.21. The molecule has 1 unspecified atom stereocenters. The van der Waals surface area contributed by atoms with Gasteiger partial charge in [-0.15, -0.1) is 11.6 Å². The number of halogens is 1. The second kappa shape index (κ2) is 18.3. The molecule has 0 spiro atoms. The van der Waals surface area contributed by atoms with Crippen molar-refractivity contribution in [1.82, 2.24) is 15.5 Å². The molecule has 0 saturated carbocycles. The van der Waals surface area contributed by atoms with Crippen LogP contribution in [0.4, 0.5) is 0 Å². The van der Waals surface area contributed by atoms with Gasteiger partial charge in [0.1, 0.15) is 5.84 Å². The van der Waals surface area contributed by atoms with Crippen LogP contribution in [0.25, 0.3) is 0 Å². The SMILES string of the molecule is C=C(CN=CN(C)/C(=C/C(=NC)NC1=C=CC(CCC)=C(C)C=C1)CC)NC(CC)/C(C)=C/C=C\CCl. The third kappa shape index (κ3) is 12.2. The molecule has 0 aromatic carbocycles. The van der Waals surface area contributed by atoms with E-state index >= 15 is 0 Å². The summed E-state index contributed by atoms with van der Waals surface area (Å²) in [6, 6.07) is 0.222. The number of hydrogen-bond acceptors (Lipinski definition) is 3. The minimum absolute atomic E-state index is 0.222. The van der Waals surface area contributed by atoms with E-state index < -0.39 is 0 Å². The number of amidine groups is 1. The van der Waals surface area contributed by atoms with Crippen LogP contribution in [0, 0.1) is 0 Å². The van der Waals surface area contributed by atoms with Crippen molar-refractivity contribution in [2.24, 2.45) is 9.98 Å². The van der Waals surface area contributed by atoms with E-state index in [0.717, 1.165) is 48.6 Å². The molecule has 0 heterocycles. The average molecular weight is 524 g/mol. The Morgan fingerprint density at radius 3 is 2.65 bits per heavy atom. The largest absolute Gasteiger partial charge is 0.381 e. The molecular formula is C31H46ClN5. The first-order valence-electron chi connectivity index (χ1n) is 13.1. The maximum absolute atomic E-state index is 5.71. The van der Waals surface area contributed by atoms with E-state index in [2.05, 4.69) is 97.9 Å². The topological polar surface area (TPSA) is 52.0 Å². The molecule has 5 nitrogen and oxygen atoms in total. The molecule has 1 rings (SSSR count). The van der Waals surface area contributed by atoms with Crippen molar-refractivity contribution in [3.05, 3.63) is 88.7 Å². The Kier molecular flexibility index (Phi) is 15.8. The molecule has 1 aliphatic carbocycles. The lowest BCUT2D eigenvalue weighted by atomic mass is 10.1. The normalized spacial score (nSPS) is 15.9. The van der Waals surface area contributed by atoms with Crippen LogP contribution in [0.5, 0.6) is 0 Å². The van der Waals surface area contributed by atoms with Gasteiger partial charge in [0.25, 0.3) is 0 Å². The van der Waals surface area contributed by atoms with Gasteiger partial charge >= 0.3 is 0 Å². The zero-order valence-electron chi connectivity index (χ0n) is 23.9. The Bertz CT molecular complexity index is 1030.